The van der Waals surface area contributed by atoms with Crippen LogP contribution in [-0.2, 0) is 14.8 Å². The van der Waals surface area contributed by atoms with Gasteiger partial charge in [-0.25, -0.2) is 8.42 Å². The second-order valence-electron chi connectivity index (χ2n) is 9.69. The first-order chi connectivity index (χ1) is 16.9. The van der Waals surface area contributed by atoms with Crippen LogP contribution in [-0.4, -0.2) is 37.6 Å². The minimum Gasteiger partial charge on any atom is -0.491 e. The number of nitrogens with zero attached hydrogens (tertiary/aromatic N) is 2. The number of rotatable bonds is 8. The first kappa shape index (κ1) is 23.7. The van der Waals surface area contributed by atoms with Gasteiger partial charge in [-0.1, -0.05) is 12.1 Å². The van der Waals surface area contributed by atoms with Crippen molar-refractivity contribution in [2.45, 2.75) is 63.3 Å². The number of hydrogen-bond acceptors (Lipinski definition) is 5. The Morgan fingerprint density at radius 3 is 2.51 bits per heavy atom. The zero-order chi connectivity index (χ0) is 24.6. The van der Waals surface area contributed by atoms with Gasteiger partial charge in [0.1, 0.15) is 18.4 Å². The molecule has 0 radical (unpaired) electrons. The third kappa shape index (κ3) is 4.63. The lowest BCUT2D eigenvalue weighted by molar-refractivity contribution is 0.0680. The number of hydrogen-bond donors (Lipinski definition) is 1. The first-order valence-corrected chi connectivity index (χ1v) is 13.9. The largest absolute Gasteiger partial charge is 0.491 e. The highest BCUT2D eigenvalue weighted by molar-refractivity contribution is 7.93. The molecule has 1 aliphatic heterocycles. The lowest BCUT2D eigenvalue weighted by Gasteiger charge is -2.30. The molecule has 2 heterocycles. The number of nitriles is 1. The average molecular weight is 494 g/mol. The van der Waals surface area contributed by atoms with E-state index in [2.05, 4.69) is 15.4 Å². The molecule has 35 heavy (non-hydrogen) atoms. The molecule has 0 bridgehead atoms. The molecule has 0 spiro atoms. The number of aromatic nitrogens is 1. The predicted molar refractivity (Wildman–Crippen MR) is 137 cm³/mol. The quantitative estimate of drug-likeness (QED) is 0.440. The van der Waals surface area contributed by atoms with Gasteiger partial charge < -0.3 is 14.0 Å². The summed E-state index contributed by atoms with van der Waals surface area (Å²) in [6, 6.07) is 16.0. The number of anilines is 1. The summed E-state index contributed by atoms with van der Waals surface area (Å²) in [6.45, 7) is 4.61. The topological polar surface area (TPSA) is 93.4 Å². The van der Waals surface area contributed by atoms with Crippen LogP contribution in [0.1, 0.15) is 57.6 Å². The number of benzene rings is 2. The Balaban J connectivity index is 1.53. The van der Waals surface area contributed by atoms with E-state index >= 15 is 0 Å². The third-order valence-electron chi connectivity index (χ3n) is 7.03. The van der Waals surface area contributed by atoms with E-state index in [-0.39, 0.29) is 6.10 Å². The SMILES string of the molecule is CC(C)S(=O)(=O)Nc1ccc(-c2c(C#N)c3ccc(OC[C@H]4CCCO4)cc3n2C2CCC2)cc1. The molecule has 0 amide bonds. The van der Waals surface area contributed by atoms with Crippen LogP contribution in [0.4, 0.5) is 5.69 Å². The van der Waals surface area contributed by atoms with Gasteiger partial charge in [0.15, 0.2) is 0 Å². The Morgan fingerprint density at radius 1 is 1.14 bits per heavy atom. The maximum atomic E-state index is 12.3. The molecule has 1 N–H and O–H groups in total. The van der Waals surface area contributed by atoms with Gasteiger partial charge in [0, 0.05) is 29.8 Å². The van der Waals surface area contributed by atoms with Crippen LogP contribution in [0.5, 0.6) is 5.75 Å². The number of nitrogens with one attached hydrogen (secondary N) is 1. The lowest BCUT2D eigenvalue weighted by Crippen LogP contribution is -2.22. The molecule has 2 fully saturated rings. The van der Waals surface area contributed by atoms with E-state index in [9.17, 15) is 13.7 Å². The molecule has 7 nitrogen and oxygen atoms in total. The van der Waals surface area contributed by atoms with Crippen molar-refractivity contribution in [3.8, 4) is 23.1 Å². The second-order valence-corrected chi connectivity index (χ2v) is 11.9. The molecule has 184 valence electrons. The van der Waals surface area contributed by atoms with Gasteiger partial charge in [0.2, 0.25) is 10.0 Å². The van der Waals surface area contributed by atoms with Gasteiger partial charge in [-0.2, -0.15) is 5.26 Å². The minimum absolute atomic E-state index is 0.140. The number of fused-ring (bicyclic) bond motifs is 1. The average Bonchev–Trinajstić information content (AvgIpc) is 3.43. The maximum absolute atomic E-state index is 12.3. The van der Waals surface area contributed by atoms with E-state index < -0.39 is 15.3 Å². The summed E-state index contributed by atoms with van der Waals surface area (Å²) in [7, 11) is -3.43. The van der Waals surface area contributed by atoms with Crippen molar-refractivity contribution in [3.63, 3.8) is 0 Å². The van der Waals surface area contributed by atoms with E-state index in [1.165, 1.54) is 0 Å². The number of sulfonamides is 1. The second kappa shape index (κ2) is 9.56. The van der Waals surface area contributed by atoms with Gasteiger partial charge >= 0.3 is 0 Å². The molecule has 1 aromatic heterocycles. The highest BCUT2D eigenvalue weighted by atomic mass is 32.2. The molecular formula is C27H31N3O4S. The van der Waals surface area contributed by atoms with Gasteiger partial charge in [-0.3, -0.25) is 4.72 Å². The fourth-order valence-electron chi connectivity index (χ4n) is 4.74. The van der Waals surface area contributed by atoms with Crippen molar-refractivity contribution < 1.29 is 17.9 Å². The monoisotopic (exact) mass is 493 g/mol. The van der Waals surface area contributed by atoms with E-state index in [1.807, 2.05) is 30.3 Å². The Kier molecular flexibility index (Phi) is 6.47. The van der Waals surface area contributed by atoms with Crippen LogP contribution in [0.15, 0.2) is 42.5 Å². The van der Waals surface area contributed by atoms with E-state index in [0.29, 0.717) is 23.9 Å². The Labute approximate surface area is 206 Å². The molecule has 2 aromatic carbocycles. The highest BCUT2D eigenvalue weighted by Crippen LogP contribution is 2.43. The summed E-state index contributed by atoms with van der Waals surface area (Å²) < 4.78 is 41.2. The molecule has 8 heteroatoms. The molecule has 2 aliphatic rings. The molecular weight excluding hydrogens is 462 g/mol. The van der Waals surface area contributed by atoms with E-state index in [1.54, 1.807) is 26.0 Å². The van der Waals surface area contributed by atoms with Crippen LogP contribution in [0.25, 0.3) is 22.2 Å². The van der Waals surface area contributed by atoms with Crippen LogP contribution in [0, 0.1) is 11.3 Å². The molecule has 0 unspecified atom stereocenters. The molecule has 1 aliphatic carbocycles. The predicted octanol–water partition coefficient (Wildman–Crippen LogP) is 5.61. The summed E-state index contributed by atoms with van der Waals surface area (Å²) in [5.74, 6) is 0.778. The Bertz CT molecular complexity index is 1360. The van der Waals surface area contributed by atoms with Gasteiger partial charge in [0.05, 0.1) is 28.1 Å². The Hall–Kier alpha value is -3.02. The summed E-state index contributed by atoms with van der Waals surface area (Å²) in [5, 5.41) is 10.5. The maximum Gasteiger partial charge on any atom is 0.235 e. The summed E-state index contributed by atoms with van der Waals surface area (Å²) >= 11 is 0. The minimum atomic E-state index is -3.43. The van der Waals surface area contributed by atoms with Gasteiger partial charge in [0.25, 0.3) is 0 Å². The smallest absolute Gasteiger partial charge is 0.235 e. The Morgan fingerprint density at radius 2 is 1.91 bits per heavy atom. The molecule has 1 saturated heterocycles. The third-order valence-corrected chi connectivity index (χ3v) is 8.79. The first-order valence-electron chi connectivity index (χ1n) is 12.3. The van der Waals surface area contributed by atoms with Crippen LogP contribution >= 0.6 is 0 Å². The highest BCUT2D eigenvalue weighted by Gasteiger charge is 2.28. The van der Waals surface area contributed by atoms with Crippen molar-refractivity contribution in [3.05, 3.63) is 48.0 Å². The summed E-state index contributed by atoms with van der Waals surface area (Å²) in [6.07, 6.45) is 5.53. The number of ether oxygens (including phenoxy) is 2. The van der Waals surface area contributed by atoms with Gasteiger partial charge in [-0.15, -0.1) is 0 Å². The van der Waals surface area contributed by atoms with Crippen molar-refractivity contribution in [2.24, 2.45) is 0 Å². The van der Waals surface area contributed by atoms with E-state index in [0.717, 1.165) is 66.6 Å². The standard InChI is InChI=1S/C27H31N3O4S/c1-18(2)35(31,32)29-20-10-8-19(9-11-20)27-25(16-28)24-13-12-22(34-17-23-7-4-14-33-23)15-26(24)30(27)21-5-3-6-21/h8-13,15,18,21,23,29H,3-7,14,17H2,1-2H3/t23-/m1/s1. The van der Waals surface area contributed by atoms with E-state index in [4.69, 9.17) is 9.47 Å². The molecule has 5 rings (SSSR count). The van der Waals surface area contributed by atoms with Crippen molar-refractivity contribution in [1.29, 1.82) is 5.26 Å². The molecule has 3 aromatic rings. The summed E-state index contributed by atoms with van der Waals surface area (Å²) in [4.78, 5) is 0. The fraction of sp³-hybridized carbons (Fsp3) is 0.444. The van der Waals surface area contributed by atoms with Crippen molar-refractivity contribution in [2.75, 3.05) is 17.9 Å². The zero-order valence-electron chi connectivity index (χ0n) is 20.2. The normalized spacial score (nSPS) is 18.5. The van der Waals surface area contributed by atoms with Crippen molar-refractivity contribution in [1.82, 2.24) is 4.57 Å². The zero-order valence-corrected chi connectivity index (χ0v) is 21.0. The van der Waals surface area contributed by atoms with Crippen LogP contribution in [0.2, 0.25) is 0 Å². The van der Waals surface area contributed by atoms with Crippen LogP contribution < -0.4 is 9.46 Å². The van der Waals surface area contributed by atoms with Crippen molar-refractivity contribution >= 4 is 26.6 Å². The van der Waals surface area contributed by atoms with Gasteiger partial charge in [-0.05, 0) is 75.8 Å². The summed E-state index contributed by atoms with van der Waals surface area (Å²) in [5.41, 5.74) is 3.90. The molecule has 1 atom stereocenters. The fourth-order valence-corrected chi connectivity index (χ4v) is 5.44. The van der Waals surface area contributed by atoms with Crippen LogP contribution in [0.3, 0.4) is 0 Å². The molecule has 1 saturated carbocycles. The lowest BCUT2D eigenvalue weighted by atomic mass is 9.92.